The van der Waals surface area contributed by atoms with Gasteiger partial charge in [0.1, 0.15) is 24.2 Å². The molecule has 1 fully saturated rings. The minimum Gasteiger partial charge on any atom is -0.459 e. The van der Waals surface area contributed by atoms with Crippen LogP contribution in [0.2, 0.25) is 0 Å². The largest absolute Gasteiger partial charge is 0.459 e. The van der Waals surface area contributed by atoms with E-state index in [9.17, 15) is 23.3 Å². The van der Waals surface area contributed by atoms with Gasteiger partial charge in [-0.25, -0.2) is 14.4 Å². The second-order valence-electron chi connectivity index (χ2n) is 9.03. The van der Waals surface area contributed by atoms with E-state index in [2.05, 4.69) is 5.09 Å². The fraction of sp³-hybridized carbons (Fsp3) is 0.560. The van der Waals surface area contributed by atoms with Crippen LogP contribution in [-0.2, 0) is 39.3 Å². The fourth-order valence-electron chi connectivity index (χ4n) is 4.11. The summed E-state index contributed by atoms with van der Waals surface area (Å²) in [5, 5.41) is 2.79. The summed E-state index contributed by atoms with van der Waals surface area (Å²) in [5.74, 6) is -1.46. The van der Waals surface area contributed by atoms with Gasteiger partial charge >= 0.3 is 19.4 Å². The summed E-state index contributed by atoms with van der Waals surface area (Å²) in [6, 6.07) is 6.32. The van der Waals surface area contributed by atoms with E-state index in [4.69, 9.17) is 28.0 Å². The van der Waals surface area contributed by atoms with Gasteiger partial charge in [0.2, 0.25) is 5.82 Å². The molecule has 1 aromatic heterocycles. The summed E-state index contributed by atoms with van der Waals surface area (Å²) in [4.78, 5) is 37.7. The number of nitrogens with zero attached hydrogens (tertiary/aromatic N) is 1. The van der Waals surface area contributed by atoms with Crippen LogP contribution in [0.25, 0.3) is 0 Å². The van der Waals surface area contributed by atoms with Gasteiger partial charge in [-0.2, -0.15) is 4.39 Å². The van der Waals surface area contributed by atoms with Crippen LogP contribution in [0.4, 0.5) is 4.39 Å². The number of carbonyl (C=O) groups excluding carboxylic acids is 1. The van der Waals surface area contributed by atoms with Crippen molar-refractivity contribution in [2.75, 3.05) is 20.8 Å². The minimum absolute atomic E-state index is 0.0614. The molecule has 5 atom stereocenters. The zero-order valence-corrected chi connectivity index (χ0v) is 23.9. The minimum atomic E-state index is -4.15. The van der Waals surface area contributed by atoms with E-state index in [-0.39, 0.29) is 18.6 Å². The molecule has 2 aromatic rings. The molecule has 2 N–H and O–H groups in total. The number of aromatic nitrogens is 2. The Labute approximate surface area is 230 Å². The Hall–Kier alpha value is -2.87. The van der Waals surface area contributed by atoms with Gasteiger partial charge in [0, 0.05) is 27.1 Å². The number of aromatic amines is 1. The Kier molecular flexibility index (Phi) is 11.2. The maximum absolute atomic E-state index is 14.0. The molecule has 0 amide bonds. The average Bonchev–Trinajstić information content (AvgIpc) is 3.32. The number of rotatable bonds is 14. The van der Waals surface area contributed by atoms with E-state index in [0.29, 0.717) is 12.6 Å². The van der Waals surface area contributed by atoms with Crippen LogP contribution < -0.4 is 20.9 Å². The number of hydrogen-bond acceptors (Lipinski definition) is 10. The molecule has 0 radical (unpaired) electrons. The number of halogens is 1. The summed E-state index contributed by atoms with van der Waals surface area (Å²) in [6.07, 6.45) is -2.45. The molecule has 0 saturated carbocycles. The van der Waals surface area contributed by atoms with Crippen molar-refractivity contribution in [3.05, 3.63) is 62.7 Å². The van der Waals surface area contributed by atoms with Gasteiger partial charge in [0.25, 0.3) is 5.56 Å². The fourth-order valence-corrected chi connectivity index (χ4v) is 5.64. The lowest BCUT2D eigenvalue weighted by Crippen LogP contribution is -2.40. The predicted octanol–water partition coefficient (Wildman–Crippen LogP) is 2.65. The molecule has 1 aliphatic heterocycles. The molecule has 15 heteroatoms. The summed E-state index contributed by atoms with van der Waals surface area (Å²) in [6.45, 7) is 4.81. The molecular weight excluding hydrogens is 552 g/mol. The topological polar surface area (TPSA) is 156 Å². The SMILES string of the molecule is CCC(=O)OC1CC(n2cc(F)c(=O)[nH]c2=O)OC1COP(=O)(NC(C)C(OC)OC)Oc1cccc(CC)c1. The third kappa shape index (κ3) is 8.09. The highest BCUT2D eigenvalue weighted by atomic mass is 31.2. The highest BCUT2D eigenvalue weighted by Crippen LogP contribution is 2.46. The molecule has 0 bridgehead atoms. The van der Waals surface area contributed by atoms with Gasteiger partial charge in [-0.1, -0.05) is 26.0 Å². The maximum Gasteiger partial charge on any atom is 0.459 e. The Morgan fingerprint density at radius 1 is 1.27 bits per heavy atom. The van der Waals surface area contributed by atoms with Crippen molar-refractivity contribution in [2.45, 2.75) is 70.8 Å². The lowest BCUT2D eigenvalue weighted by molar-refractivity contribution is -0.152. The summed E-state index contributed by atoms with van der Waals surface area (Å²) in [7, 11) is -1.31. The number of esters is 1. The van der Waals surface area contributed by atoms with Gasteiger partial charge in [0.05, 0.1) is 18.8 Å². The van der Waals surface area contributed by atoms with Crippen LogP contribution in [0.3, 0.4) is 0 Å². The third-order valence-corrected chi connectivity index (χ3v) is 7.83. The smallest absolute Gasteiger partial charge is 0.459 e. The van der Waals surface area contributed by atoms with Gasteiger partial charge < -0.3 is 23.5 Å². The van der Waals surface area contributed by atoms with E-state index >= 15 is 0 Å². The van der Waals surface area contributed by atoms with Crippen molar-refractivity contribution in [3.8, 4) is 5.75 Å². The molecule has 3 rings (SSSR count). The van der Waals surface area contributed by atoms with Crippen LogP contribution >= 0.6 is 7.75 Å². The van der Waals surface area contributed by atoms with Gasteiger partial charge in [0.15, 0.2) is 6.29 Å². The Bertz CT molecular complexity index is 1310. The van der Waals surface area contributed by atoms with Crippen molar-refractivity contribution in [3.63, 3.8) is 0 Å². The van der Waals surface area contributed by atoms with Gasteiger partial charge in [-0.3, -0.25) is 23.7 Å². The Balaban J connectivity index is 1.86. The maximum atomic E-state index is 14.0. The number of benzene rings is 1. The van der Waals surface area contributed by atoms with E-state index in [1.54, 1.807) is 32.0 Å². The van der Waals surface area contributed by atoms with Crippen molar-refractivity contribution in [1.29, 1.82) is 0 Å². The molecular formula is C25H35FN3O10P. The first-order chi connectivity index (χ1) is 19.0. The van der Waals surface area contributed by atoms with Gasteiger partial charge in [-0.05, 0) is 31.0 Å². The first-order valence-electron chi connectivity index (χ1n) is 12.7. The first kappa shape index (κ1) is 31.7. The zero-order chi connectivity index (χ0) is 29.4. The van der Waals surface area contributed by atoms with E-state index < -0.39 is 68.2 Å². The van der Waals surface area contributed by atoms with Crippen molar-refractivity contribution in [1.82, 2.24) is 14.6 Å². The molecule has 40 heavy (non-hydrogen) atoms. The van der Waals surface area contributed by atoms with Crippen LogP contribution in [0.1, 0.15) is 45.4 Å². The Morgan fingerprint density at radius 2 is 2.00 bits per heavy atom. The number of H-pyrrole nitrogens is 1. The molecule has 222 valence electrons. The van der Waals surface area contributed by atoms with Crippen LogP contribution in [0.5, 0.6) is 5.75 Å². The van der Waals surface area contributed by atoms with E-state index in [1.165, 1.54) is 14.2 Å². The zero-order valence-electron chi connectivity index (χ0n) is 23.0. The molecule has 0 aliphatic carbocycles. The summed E-state index contributed by atoms with van der Waals surface area (Å²) in [5.41, 5.74) is -1.15. The second-order valence-corrected chi connectivity index (χ2v) is 10.7. The molecule has 1 aromatic carbocycles. The predicted molar refractivity (Wildman–Crippen MR) is 140 cm³/mol. The molecule has 1 aliphatic rings. The molecule has 2 heterocycles. The number of hydrogen-bond donors (Lipinski definition) is 2. The van der Waals surface area contributed by atoms with E-state index in [0.717, 1.165) is 10.1 Å². The average molecular weight is 588 g/mol. The molecule has 0 spiro atoms. The van der Waals surface area contributed by atoms with Crippen LogP contribution in [-0.4, -0.2) is 60.9 Å². The normalized spacial score (nSPS) is 21.2. The monoisotopic (exact) mass is 587 g/mol. The number of methoxy groups -OCH3 is 2. The lowest BCUT2D eigenvalue weighted by Gasteiger charge is -2.28. The van der Waals surface area contributed by atoms with Crippen molar-refractivity contribution < 1.29 is 41.7 Å². The summed E-state index contributed by atoms with van der Waals surface area (Å²) >= 11 is 0. The standard InChI is InChI=1S/C25H35FN3O10P/c1-6-16-9-8-10-17(11-16)39-40(33,28-15(3)24(34-4)35-5)36-14-20-19(38-22(30)7-2)12-21(37-20)29-13-18(26)23(31)27-25(29)32/h8-11,13,15,19-21,24H,6-7,12,14H2,1-5H3,(H,28,33)(H,27,31,32). The van der Waals surface area contributed by atoms with Crippen LogP contribution in [0, 0.1) is 5.82 Å². The van der Waals surface area contributed by atoms with Gasteiger partial charge in [-0.15, -0.1) is 0 Å². The third-order valence-electron chi connectivity index (χ3n) is 6.16. The first-order valence-corrected chi connectivity index (χ1v) is 14.3. The van der Waals surface area contributed by atoms with E-state index in [1.807, 2.05) is 18.0 Å². The van der Waals surface area contributed by atoms with Crippen LogP contribution in [0.15, 0.2) is 40.1 Å². The number of nitrogens with one attached hydrogen (secondary N) is 2. The number of carbonyl (C=O) groups is 1. The highest BCUT2D eigenvalue weighted by molar-refractivity contribution is 7.52. The molecule has 1 saturated heterocycles. The second kappa shape index (κ2) is 14.2. The molecule has 5 unspecified atom stereocenters. The number of aryl methyl sites for hydroxylation is 1. The lowest BCUT2D eigenvalue weighted by atomic mass is 10.2. The number of ether oxygens (including phenoxy) is 4. The summed E-state index contributed by atoms with van der Waals surface area (Å²) < 4.78 is 62.2. The quantitative estimate of drug-likeness (QED) is 0.190. The van der Waals surface area contributed by atoms with Crippen molar-refractivity contribution in [2.24, 2.45) is 0 Å². The Morgan fingerprint density at radius 3 is 2.65 bits per heavy atom. The van der Waals surface area contributed by atoms with Crippen molar-refractivity contribution >= 4 is 13.7 Å². The highest BCUT2D eigenvalue weighted by Gasteiger charge is 2.42. The molecule has 13 nitrogen and oxygen atoms in total.